The van der Waals surface area contributed by atoms with Gasteiger partial charge in [0.15, 0.2) is 0 Å². The smallest absolute Gasteiger partial charge is 0.292 e. The van der Waals surface area contributed by atoms with Gasteiger partial charge in [-0.15, -0.1) is 10.2 Å². The first-order chi connectivity index (χ1) is 12.6. The Morgan fingerprint density at radius 3 is 2.88 bits per heavy atom. The zero-order valence-electron chi connectivity index (χ0n) is 15.7. The summed E-state index contributed by atoms with van der Waals surface area (Å²) in [6.07, 6.45) is 2.32. The number of aromatic nitrogens is 4. The highest BCUT2D eigenvalue weighted by atomic mass is 16.5. The van der Waals surface area contributed by atoms with Crippen molar-refractivity contribution in [1.29, 1.82) is 0 Å². The quantitative estimate of drug-likeness (QED) is 0.809. The van der Waals surface area contributed by atoms with Gasteiger partial charge in [0.1, 0.15) is 0 Å². The van der Waals surface area contributed by atoms with Gasteiger partial charge in [0.25, 0.3) is 11.7 Å². The predicted molar refractivity (Wildman–Crippen MR) is 96.1 cm³/mol. The number of hydrogen-bond donors (Lipinski definition) is 0. The zero-order chi connectivity index (χ0) is 18.3. The Morgan fingerprint density at radius 1 is 1.23 bits per heavy atom. The molecule has 140 valence electrons. The van der Waals surface area contributed by atoms with Crippen LogP contribution in [0.25, 0.3) is 5.78 Å². The highest BCUT2D eigenvalue weighted by Gasteiger charge is 2.37. The SMILES string of the molecule is COCCN1C[C@@H]2CC[C@H]1CN(C(=O)c1nnc3nc(C)cc(C)n13)C2. The van der Waals surface area contributed by atoms with Crippen LogP contribution in [0.1, 0.15) is 34.8 Å². The number of hydrogen-bond acceptors (Lipinski definition) is 6. The number of nitrogens with zero attached hydrogens (tertiary/aromatic N) is 6. The molecule has 5 heterocycles. The van der Waals surface area contributed by atoms with E-state index < -0.39 is 0 Å². The Morgan fingerprint density at radius 2 is 2.08 bits per heavy atom. The summed E-state index contributed by atoms with van der Waals surface area (Å²) < 4.78 is 7.02. The van der Waals surface area contributed by atoms with Crippen LogP contribution in [-0.2, 0) is 4.74 Å². The Hall–Kier alpha value is -2.06. The summed E-state index contributed by atoms with van der Waals surface area (Å²) in [6, 6.07) is 2.35. The summed E-state index contributed by atoms with van der Waals surface area (Å²) in [5.74, 6) is 1.33. The monoisotopic (exact) mass is 358 g/mol. The van der Waals surface area contributed by atoms with Gasteiger partial charge in [-0.1, -0.05) is 0 Å². The molecule has 0 spiro atoms. The molecular weight excluding hydrogens is 332 g/mol. The van der Waals surface area contributed by atoms with Crippen LogP contribution in [0.3, 0.4) is 0 Å². The summed E-state index contributed by atoms with van der Waals surface area (Å²) in [6.45, 7) is 8.10. The predicted octanol–water partition coefficient (Wildman–Crippen LogP) is 0.924. The topological polar surface area (TPSA) is 75.9 Å². The molecule has 0 radical (unpaired) electrons. The van der Waals surface area contributed by atoms with Crippen molar-refractivity contribution in [3.63, 3.8) is 0 Å². The van der Waals surface area contributed by atoms with Gasteiger partial charge >= 0.3 is 0 Å². The van der Waals surface area contributed by atoms with Crippen molar-refractivity contribution in [3.8, 4) is 0 Å². The van der Waals surface area contributed by atoms with E-state index >= 15 is 0 Å². The molecule has 2 bridgehead atoms. The molecule has 8 nitrogen and oxygen atoms in total. The number of rotatable bonds is 4. The summed E-state index contributed by atoms with van der Waals surface area (Å²) in [7, 11) is 1.74. The van der Waals surface area contributed by atoms with Crippen molar-refractivity contribution < 1.29 is 9.53 Å². The minimum atomic E-state index is -0.0447. The lowest BCUT2D eigenvalue weighted by Gasteiger charge is -2.35. The molecule has 0 aliphatic carbocycles. The van der Waals surface area contributed by atoms with Gasteiger partial charge < -0.3 is 9.64 Å². The molecule has 8 heteroatoms. The Bertz CT molecular complexity index is 819. The highest BCUT2D eigenvalue weighted by Crippen LogP contribution is 2.28. The van der Waals surface area contributed by atoms with Gasteiger partial charge in [0.2, 0.25) is 5.82 Å². The van der Waals surface area contributed by atoms with E-state index in [2.05, 4.69) is 20.1 Å². The third kappa shape index (κ3) is 3.07. The van der Waals surface area contributed by atoms with E-state index in [0.29, 0.717) is 23.6 Å². The van der Waals surface area contributed by atoms with Crippen LogP contribution >= 0.6 is 0 Å². The van der Waals surface area contributed by atoms with E-state index in [4.69, 9.17) is 4.74 Å². The van der Waals surface area contributed by atoms with Crippen molar-refractivity contribution >= 4 is 11.7 Å². The summed E-state index contributed by atoms with van der Waals surface area (Å²) in [4.78, 5) is 22.1. The van der Waals surface area contributed by atoms with E-state index in [9.17, 15) is 4.79 Å². The first-order valence-corrected chi connectivity index (χ1v) is 9.28. The van der Waals surface area contributed by atoms with Crippen LogP contribution in [0.4, 0.5) is 0 Å². The minimum Gasteiger partial charge on any atom is -0.383 e. The summed E-state index contributed by atoms with van der Waals surface area (Å²) in [5, 5.41) is 8.28. The maximum absolute atomic E-state index is 13.2. The van der Waals surface area contributed by atoms with Gasteiger partial charge in [-0.05, 0) is 38.7 Å². The maximum Gasteiger partial charge on any atom is 0.292 e. The van der Waals surface area contributed by atoms with Crippen molar-refractivity contribution in [2.75, 3.05) is 39.9 Å². The molecule has 0 aromatic carbocycles. The average molecular weight is 358 g/mol. The molecule has 2 atom stereocenters. The van der Waals surface area contributed by atoms with E-state index in [0.717, 1.165) is 50.6 Å². The number of carbonyl (C=O) groups excluding carboxylic acids is 1. The highest BCUT2D eigenvalue weighted by molar-refractivity contribution is 5.91. The Labute approximate surface area is 153 Å². The molecule has 3 saturated heterocycles. The van der Waals surface area contributed by atoms with Crippen LogP contribution < -0.4 is 0 Å². The fraction of sp³-hybridized carbons (Fsp3) is 0.667. The lowest BCUT2D eigenvalue weighted by Crippen LogP contribution is -2.45. The minimum absolute atomic E-state index is 0.0447. The van der Waals surface area contributed by atoms with Crippen LogP contribution in [0, 0.1) is 19.8 Å². The molecule has 5 rings (SSSR count). The third-order valence-corrected chi connectivity index (χ3v) is 5.58. The van der Waals surface area contributed by atoms with E-state index in [1.165, 1.54) is 6.42 Å². The molecule has 3 aliphatic rings. The van der Waals surface area contributed by atoms with Crippen molar-refractivity contribution in [2.45, 2.75) is 32.7 Å². The zero-order valence-corrected chi connectivity index (χ0v) is 15.7. The van der Waals surface area contributed by atoms with Crippen molar-refractivity contribution in [3.05, 3.63) is 23.3 Å². The number of fused-ring (bicyclic) bond motifs is 5. The summed E-state index contributed by atoms with van der Waals surface area (Å²) in [5.41, 5.74) is 1.81. The number of amides is 1. The maximum atomic E-state index is 13.2. The molecule has 26 heavy (non-hydrogen) atoms. The third-order valence-electron chi connectivity index (χ3n) is 5.58. The molecule has 3 aliphatic heterocycles. The normalized spacial score (nSPS) is 23.6. The lowest BCUT2D eigenvalue weighted by molar-refractivity contribution is 0.0705. The second kappa shape index (κ2) is 6.92. The number of methoxy groups -OCH3 is 1. The van der Waals surface area contributed by atoms with Crippen LogP contribution in [0.5, 0.6) is 0 Å². The molecule has 2 aromatic heterocycles. The lowest BCUT2D eigenvalue weighted by atomic mass is 9.95. The molecule has 3 fully saturated rings. The van der Waals surface area contributed by atoms with Gasteiger partial charge in [-0.3, -0.25) is 14.1 Å². The number of piperidine rings is 1. The van der Waals surface area contributed by atoms with E-state index in [-0.39, 0.29) is 5.91 Å². The van der Waals surface area contributed by atoms with Gasteiger partial charge in [-0.25, -0.2) is 4.98 Å². The number of carbonyl (C=O) groups is 1. The molecule has 1 amide bonds. The van der Waals surface area contributed by atoms with E-state index in [1.54, 1.807) is 11.5 Å². The van der Waals surface area contributed by atoms with Gasteiger partial charge in [-0.2, -0.15) is 0 Å². The van der Waals surface area contributed by atoms with Gasteiger partial charge in [0, 0.05) is 50.7 Å². The molecule has 0 saturated carbocycles. The van der Waals surface area contributed by atoms with Crippen LogP contribution in [0.2, 0.25) is 0 Å². The molecule has 0 N–H and O–H groups in total. The van der Waals surface area contributed by atoms with Crippen LogP contribution in [0.15, 0.2) is 6.07 Å². The number of aryl methyl sites for hydroxylation is 2. The summed E-state index contributed by atoms with van der Waals surface area (Å²) >= 11 is 0. The Kier molecular flexibility index (Phi) is 4.62. The number of ether oxygens (including phenoxy) is 1. The Balaban J connectivity index is 1.59. The van der Waals surface area contributed by atoms with Crippen LogP contribution in [-0.4, -0.2) is 81.2 Å². The van der Waals surface area contributed by atoms with Crippen molar-refractivity contribution in [1.82, 2.24) is 29.4 Å². The largest absolute Gasteiger partial charge is 0.383 e. The molecular formula is C18H26N6O2. The van der Waals surface area contributed by atoms with E-state index in [1.807, 2.05) is 24.8 Å². The second-order valence-corrected chi connectivity index (χ2v) is 7.49. The standard InChI is InChI=1S/C18H26N6O2/c1-12-8-13(2)24-16(20-21-18(24)19-12)17(25)23-10-14-4-5-15(11-23)22(9-14)6-7-26-3/h8,14-15H,4-7,9-11H2,1-3H3/t14-,15-/m0/s1. The van der Waals surface area contributed by atoms with Crippen molar-refractivity contribution in [2.24, 2.45) is 5.92 Å². The first kappa shape index (κ1) is 17.4. The first-order valence-electron chi connectivity index (χ1n) is 9.28. The van der Waals surface area contributed by atoms with Gasteiger partial charge in [0.05, 0.1) is 6.61 Å². The molecule has 2 aromatic rings. The molecule has 0 unspecified atom stereocenters. The average Bonchev–Trinajstić information content (AvgIpc) is 2.83. The fourth-order valence-corrected chi connectivity index (χ4v) is 4.34. The second-order valence-electron chi connectivity index (χ2n) is 7.49. The fourth-order valence-electron chi connectivity index (χ4n) is 4.34.